The number of nitrogens with two attached hydrogens (primary N) is 1. The van der Waals surface area contributed by atoms with E-state index in [-0.39, 0.29) is 11.4 Å². The van der Waals surface area contributed by atoms with E-state index in [4.69, 9.17) is 10.3 Å². The molecule has 62 valence electrons. The molecule has 0 amide bonds. The first-order valence-corrected chi connectivity index (χ1v) is 4.27. The molecule has 0 saturated heterocycles. The van der Waals surface area contributed by atoms with Crippen LogP contribution in [0, 0.1) is 9.39 Å². The smallest absolute Gasteiger partial charge is 0.205 e. The minimum absolute atomic E-state index is 0.124. The van der Waals surface area contributed by atoms with E-state index in [1.807, 2.05) is 0 Å². The lowest BCUT2D eigenvalue weighted by Crippen LogP contribution is -1.86. The molecule has 1 aromatic heterocycles. The molecule has 0 bridgehead atoms. The molecule has 5 heteroatoms. The Morgan fingerprint density at radius 3 is 2.92 bits per heavy atom. The third-order valence-corrected chi connectivity index (χ3v) is 2.45. The van der Waals surface area contributed by atoms with E-state index in [1.165, 1.54) is 6.07 Å². The first-order chi connectivity index (χ1) is 5.70. The quantitative estimate of drug-likeness (QED) is 0.751. The highest BCUT2D eigenvalue weighted by Gasteiger charge is 2.12. The summed E-state index contributed by atoms with van der Waals surface area (Å²) in [6, 6.07) is 2.96. The van der Waals surface area contributed by atoms with Gasteiger partial charge in [0.05, 0.1) is 5.39 Å². The highest BCUT2D eigenvalue weighted by atomic mass is 127. The van der Waals surface area contributed by atoms with Gasteiger partial charge in [0.25, 0.3) is 0 Å². The van der Waals surface area contributed by atoms with Crippen LogP contribution in [-0.4, -0.2) is 5.16 Å². The van der Waals surface area contributed by atoms with Crippen molar-refractivity contribution in [3.8, 4) is 0 Å². The monoisotopic (exact) mass is 278 g/mol. The van der Waals surface area contributed by atoms with Gasteiger partial charge in [0.2, 0.25) is 5.58 Å². The van der Waals surface area contributed by atoms with E-state index in [2.05, 4.69) is 27.7 Å². The molecule has 2 rings (SSSR count). The number of fused-ring (bicyclic) bond motifs is 1. The Kier molecular flexibility index (Phi) is 1.67. The highest BCUT2D eigenvalue weighted by Crippen LogP contribution is 2.27. The summed E-state index contributed by atoms with van der Waals surface area (Å²) < 4.78 is 18.5. The Labute approximate surface area is 80.8 Å². The highest BCUT2D eigenvalue weighted by molar-refractivity contribution is 14.1. The van der Waals surface area contributed by atoms with E-state index in [1.54, 1.807) is 6.07 Å². The average molecular weight is 278 g/mol. The van der Waals surface area contributed by atoms with Gasteiger partial charge >= 0.3 is 0 Å². The van der Waals surface area contributed by atoms with E-state index in [0.717, 1.165) is 3.57 Å². The van der Waals surface area contributed by atoms with Crippen molar-refractivity contribution in [2.24, 2.45) is 0 Å². The minimum atomic E-state index is -0.436. The van der Waals surface area contributed by atoms with Crippen LogP contribution in [0.15, 0.2) is 16.7 Å². The molecule has 0 saturated carbocycles. The Balaban J connectivity index is 2.98. The van der Waals surface area contributed by atoms with E-state index in [9.17, 15) is 4.39 Å². The molecule has 0 atom stereocenters. The predicted molar refractivity (Wildman–Crippen MR) is 51.1 cm³/mol. The fourth-order valence-electron chi connectivity index (χ4n) is 1.00. The maximum atomic E-state index is 13.0. The number of hydrogen-bond acceptors (Lipinski definition) is 3. The van der Waals surface area contributed by atoms with Gasteiger partial charge in [-0.25, -0.2) is 4.39 Å². The standard InChI is InChI=1S/C7H4FIN2O/c8-3-1-2-4(9)5-6(3)12-11-7(5)10/h1-2H,(H2,10,11). The van der Waals surface area contributed by atoms with Gasteiger partial charge in [-0.05, 0) is 34.7 Å². The van der Waals surface area contributed by atoms with Gasteiger partial charge in [-0.15, -0.1) is 0 Å². The Bertz CT molecular complexity index is 440. The van der Waals surface area contributed by atoms with Gasteiger partial charge < -0.3 is 10.3 Å². The van der Waals surface area contributed by atoms with Crippen molar-refractivity contribution in [3.63, 3.8) is 0 Å². The fourth-order valence-corrected chi connectivity index (χ4v) is 1.70. The third-order valence-electron chi connectivity index (χ3n) is 1.55. The van der Waals surface area contributed by atoms with Gasteiger partial charge in [-0.1, -0.05) is 5.16 Å². The summed E-state index contributed by atoms with van der Waals surface area (Å²) in [5.74, 6) is -0.205. The number of rotatable bonds is 0. The zero-order chi connectivity index (χ0) is 8.72. The van der Waals surface area contributed by atoms with Crippen molar-refractivity contribution in [1.29, 1.82) is 0 Å². The summed E-state index contributed by atoms with van der Waals surface area (Å²) >= 11 is 2.05. The number of anilines is 1. The summed E-state index contributed by atoms with van der Waals surface area (Å²) in [4.78, 5) is 0. The molecule has 0 aliphatic rings. The Morgan fingerprint density at radius 2 is 2.25 bits per heavy atom. The number of nitrogen functional groups attached to an aromatic ring is 1. The topological polar surface area (TPSA) is 52.0 Å². The molecule has 3 nitrogen and oxygen atoms in total. The largest absolute Gasteiger partial charge is 0.380 e. The zero-order valence-corrected chi connectivity index (χ0v) is 8.00. The van der Waals surface area contributed by atoms with Crippen LogP contribution in [0.2, 0.25) is 0 Å². The van der Waals surface area contributed by atoms with Crippen molar-refractivity contribution < 1.29 is 8.91 Å². The van der Waals surface area contributed by atoms with E-state index in [0.29, 0.717) is 5.39 Å². The number of nitrogens with zero attached hydrogens (tertiary/aromatic N) is 1. The lowest BCUT2D eigenvalue weighted by Gasteiger charge is -1.92. The molecule has 12 heavy (non-hydrogen) atoms. The van der Waals surface area contributed by atoms with Crippen LogP contribution in [0.1, 0.15) is 0 Å². The van der Waals surface area contributed by atoms with Gasteiger partial charge in [-0.2, -0.15) is 0 Å². The zero-order valence-electron chi connectivity index (χ0n) is 5.84. The maximum absolute atomic E-state index is 13.0. The van der Waals surface area contributed by atoms with E-state index >= 15 is 0 Å². The van der Waals surface area contributed by atoms with Gasteiger partial charge in [0.15, 0.2) is 11.6 Å². The number of aromatic nitrogens is 1. The Hall–Kier alpha value is -0.850. The van der Waals surface area contributed by atoms with Crippen LogP contribution in [-0.2, 0) is 0 Å². The van der Waals surface area contributed by atoms with Gasteiger partial charge in [0, 0.05) is 3.57 Å². The first-order valence-electron chi connectivity index (χ1n) is 3.19. The van der Waals surface area contributed by atoms with Crippen LogP contribution < -0.4 is 5.73 Å². The van der Waals surface area contributed by atoms with Crippen molar-refractivity contribution in [2.75, 3.05) is 5.73 Å². The molecule has 1 aromatic carbocycles. The molecule has 0 fully saturated rings. The molecule has 0 aliphatic heterocycles. The second-order valence-corrected chi connectivity index (χ2v) is 3.46. The fraction of sp³-hybridized carbons (Fsp3) is 0. The summed E-state index contributed by atoms with van der Waals surface area (Å²) in [5.41, 5.74) is 5.59. The van der Waals surface area contributed by atoms with Gasteiger partial charge in [-0.3, -0.25) is 0 Å². The summed E-state index contributed by atoms with van der Waals surface area (Å²) in [5, 5.41) is 4.03. The predicted octanol–water partition coefficient (Wildman–Crippen LogP) is 2.15. The van der Waals surface area contributed by atoms with Crippen LogP contribution in [0.25, 0.3) is 11.0 Å². The van der Waals surface area contributed by atoms with Crippen molar-refractivity contribution in [3.05, 3.63) is 21.5 Å². The average Bonchev–Trinajstić information content (AvgIpc) is 2.42. The minimum Gasteiger partial charge on any atom is -0.380 e. The van der Waals surface area contributed by atoms with E-state index < -0.39 is 5.82 Å². The van der Waals surface area contributed by atoms with Crippen LogP contribution >= 0.6 is 22.6 Å². The molecular formula is C7H4FIN2O. The molecular weight excluding hydrogens is 274 g/mol. The van der Waals surface area contributed by atoms with Crippen LogP contribution in [0.3, 0.4) is 0 Å². The number of halogens is 2. The molecule has 2 N–H and O–H groups in total. The van der Waals surface area contributed by atoms with Crippen molar-refractivity contribution >= 4 is 39.4 Å². The van der Waals surface area contributed by atoms with Crippen molar-refractivity contribution in [1.82, 2.24) is 5.16 Å². The van der Waals surface area contributed by atoms with Gasteiger partial charge in [0.1, 0.15) is 0 Å². The summed E-state index contributed by atoms with van der Waals surface area (Å²) in [7, 11) is 0. The lowest BCUT2D eigenvalue weighted by atomic mass is 10.2. The molecule has 0 radical (unpaired) electrons. The normalized spacial score (nSPS) is 10.8. The second-order valence-electron chi connectivity index (χ2n) is 2.30. The molecule has 0 unspecified atom stereocenters. The molecule has 0 spiro atoms. The second kappa shape index (κ2) is 2.58. The summed E-state index contributed by atoms with van der Waals surface area (Å²) in [6.45, 7) is 0. The number of hydrogen-bond donors (Lipinski definition) is 1. The molecule has 0 aliphatic carbocycles. The third kappa shape index (κ3) is 0.961. The number of benzene rings is 1. The van der Waals surface area contributed by atoms with Crippen LogP contribution in [0.4, 0.5) is 10.2 Å². The molecule has 2 aromatic rings. The SMILES string of the molecule is Nc1noc2c(F)ccc(I)c12. The molecule has 1 heterocycles. The maximum Gasteiger partial charge on any atom is 0.205 e. The lowest BCUT2D eigenvalue weighted by molar-refractivity contribution is 0.444. The summed E-state index contributed by atoms with van der Waals surface area (Å²) in [6.07, 6.45) is 0. The Morgan fingerprint density at radius 1 is 1.50 bits per heavy atom. The first kappa shape index (κ1) is 7.78. The van der Waals surface area contributed by atoms with Crippen LogP contribution in [0.5, 0.6) is 0 Å². The van der Waals surface area contributed by atoms with Crippen molar-refractivity contribution in [2.45, 2.75) is 0 Å².